The van der Waals surface area contributed by atoms with E-state index in [1.54, 1.807) is 6.20 Å². The van der Waals surface area contributed by atoms with Crippen molar-refractivity contribution in [2.24, 2.45) is 5.73 Å². The molecule has 1 unspecified atom stereocenters. The summed E-state index contributed by atoms with van der Waals surface area (Å²) in [5.41, 5.74) is 17.9. The molecule has 6 nitrogen and oxygen atoms in total. The van der Waals surface area contributed by atoms with Gasteiger partial charge in [-0.1, -0.05) is 36.4 Å². The number of hydrogen-bond acceptors (Lipinski definition) is 5. The zero-order valence-corrected chi connectivity index (χ0v) is 14.9. The number of nitrogens with two attached hydrogens (primary N) is 1. The third kappa shape index (κ3) is 3.47. The summed E-state index contributed by atoms with van der Waals surface area (Å²) < 4.78 is 0. The highest BCUT2D eigenvalue weighted by Crippen LogP contribution is 2.33. The number of rotatable bonds is 5. The minimum Gasteiger partial charge on any atom is -0.369 e. The number of primary amides is 1. The molecular weight excluding hydrogens is 338 g/mol. The van der Waals surface area contributed by atoms with Crippen molar-refractivity contribution in [3.63, 3.8) is 0 Å². The molecule has 0 saturated carbocycles. The molecule has 5 N–H and O–H groups in total. The zero-order chi connectivity index (χ0) is 18.8. The van der Waals surface area contributed by atoms with Crippen LogP contribution in [0.1, 0.15) is 30.1 Å². The fourth-order valence-corrected chi connectivity index (χ4v) is 3.29. The highest BCUT2D eigenvalue weighted by atomic mass is 16.1. The van der Waals surface area contributed by atoms with Crippen LogP contribution in [0.25, 0.3) is 11.1 Å². The van der Waals surface area contributed by atoms with Gasteiger partial charge in [0.15, 0.2) is 0 Å². The Kier molecular flexibility index (Phi) is 4.48. The number of benzene rings is 2. The summed E-state index contributed by atoms with van der Waals surface area (Å²) in [4.78, 5) is 16.3. The van der Waals surface area contributed by atoms with Gasteiger partial charge < -0.3 is 16.5 Å². The molecule has 0 spiro atoms. The van der Waals surface area contributed by atoms with Crippen molar-refractivity contribution in [1.82, 2.24) is 10.4 Å². The van der Waals surface area contributed by atoms with Gasteiger partial charge in [0, 0.05) is 11.8 Å². The van der Waals surface area contributed by atoms with E-state index >= 15 is 0 Å². The van der Waals surface area contributed by atoms with E-state index in [9.17, 15) is 4.79 Å². The van der Waals surface area contributed by atoms with Crippen LogP contribution in [0.5, 0.6) is 0 Å². The molecule has 1 amide bonds. The van der Waals surface area contributed by atoms with Gasteiger partial charge in [0.2, 0.25) is 5.91 Å². The first kappa shape index (κ1) is 17.1. The van der Waals surface area contributed by atoms with E-state index in [2.05, 4.69) is 46.3 Å². The molecule has 2 aromatic carbocycles. The maximum Gasteiger partial charge on any atom is 0.244 e. The lowest BCUT2D eigenvalue weighted by Crippen LogP contribution is -2.27. The van der Waals surface area contributed by atoms with Crippen LogP contribution in [0.2, 0.25) is 0 Å². The number of pyridine rings is 1. The van der Waals surface area contributed by atoms with Gasteiger partial charge in [-0.2, -0.15) is 0 Å². The van der Waals surface area contributed by atoms with Crippen molar-refractivity contribution in [2.75, 3.05) is 10.7 Å². The molecule has 0 aliphatic carbocycles. The number of hydrazine groups is 1. The Labute approximate surface area is 157 Å². The lowest BCUT2D eigenvalue weighted by molar-refractivity contribution is -0.118. The predicted octanol–water partition coefficient (Wildman–Crippen LogP) is 3.38. The maximum atomic E-state index is 11.9. The summed E-state index contributed by atoms with van der Waals surface area (Å²) in [7, 11) is 0. The lowest BCUT2D eigenvalue weighted by Gasteiger charge is -2.17. The van der Waals surface area contributed by atoms with Crippen LogP contribution in [0, 0.1) is 0 Å². The first-order chi connectivity index (χ1) is 13.1. The molecule has 3 aromatic rings. The number of carbonyl (C=O) groups is 1. The molecular formula is C21H21N5O. The van der Waals surface area contributed by atoms with E-state index in [-0.39, 0.29) is 6.04 Å². The zero-order valence-electron chi connectivity index (χ0n) is 14.9. The number of hydrogen-bond donors (Lipinski definition) is 4. The van der Waals surface area contributed by atoms with Crippen LogP contribution in [0.15, 0.2) is 67.0 Å². The number of nitrogens with zero attached hydrogens (tertiary/aromatic N) is 1. The van der Waals surface area contributed by atoms with E-state index in [0.717, 1.165) is 28.1 Å². The van der Waals surface area contributed by atoms with Gasteiger partial charge in [0.1, 0.15) is 6.04 Å². The summed E-state index contributed by atoms with van der Waals surface area (Å²) in [6, 6.07) is 17.3. The van der Waals surface area contributed by atoms with Crippen LogP contribution in [-0.4, -0.2) is 10.9 Å². The molecule has 136 valence electrons. The van der Waals surface area contributed by atoms with Gasteiger partial charge in [-0.25, -0.2) is 5.43 Å². The molecule has 6 heteroatoms. The van der Waals surface area contributed by atoms with Gasteiger partial charge in [-0.3, -0.25) is 9.78 Å². The second-order valence-electron chi connectivity index (χ2n) is 6.65. The molecule has 1 aliphatic heterocycles. The maximum absolute atomic E-state index is 11.9. The van der Waals surface area contributed by atoms with Gasteiger partial charge >= 0.3 is 0 Å². The minimum absolute atomic E-state index is 0.242. The summed E-state index contributed by atoms with van der Waals surface area (Å²) >= 11 is 0. The normalized spacial score (nSPS) is 16.3. The topological polar surface area (TPSA) is 92.1 Å². The van der Waals surface area contributed by atoms with Gasteiger partial charge in [0.25, 0.3) is 0 Å². The first-order valence-electron chi connectivity index (χ1n) is 8.83. The molecule has 2 heterocycles. The summed E-state index contributed by atoms with van der Waals surface area (Å²) in [6.45, 7) is 2.11. The van der Waals surface area contributed by atoms with E-state index in [4.69, 9.17) is 5.73 Å². The molecule has 0 radical (unpaired) electrons. The van der Waals surface area contributed by atoms with Crippen molar-refractivity contribution in [2.45, 2.75) is 19.0 Å². The third-order valence-corrected chi connectivity index (χ3v) is 4.74. The Bertz CT molecular complexity index is 973. The Morgan fingerprint density at radius 2 is 1.93 bits per heavy atom. The van der Waals surface area contributed by atoms with E-state index < -0.39 is 11.9 Å². The van der Waals surface area contributed by atoms with Crippen LogP contribution in [0.4, 0.5) is 11.4 Å². The van der Waals surface area contributed by atoms with Gasteiger partial charge in [0.05, 0.1) is 23.6 Å². The SMILES string of the molecule is CC1NNc2ccc(-c3cncc(N[C@H](C(N)=O)c4ccccc4)c3)cc21. The Morgan fingerprint density at radius 3 is 2.70 bits per heavy atom. The fraction of sp³-hybridized carbons (Fsp3) is 0.143. The van der Waals surface area contributed by atoms with Crippen molar-refractivity contribution in [3.8, 4) is 11.1 Å². The Balaban J connectivity index is 1.63. The molecule has 2 atom stereocenters. The van der Waals surface area contributed by atoms with Gasteiger partial charge in [-0.15, -0.1) is 0 Å². The van der Waals surface area contributed by atoms with Crippen molar-refractivity contribution in [1.29, 1.82) is 0 Å². The molecule has 4 rings (SSSR count). The average Bonchev–Trinajstić information content (AvgIpc) is 3.07. The molecule has 0 bridgehead atoms. The molecule has 0 saturated heterocycles. The second kappa shape index (κ2) is 7.09. The van der Waals surface area contributed by atoms with Crippen molar-refractivity contribution >= 4 is 17.3 Å². The highest BCUT2D eigenvalue weighted by Gasteiger charge is 2.19. The lowest BCUT2D eigenvalue weighted by atomic mass is 10.0. The summed E-state index contributed by atoms with van der Waals surface area (Å²) in [6.07, 6.45) is 3.51. The smallest absolute Gasteiger partial charge is 0.244 e. The van der Waals surface area contributed by atoms with Crippen LogP contribution >= 0.6 is 0 Å². The quantitative estimate of drug-likeness (QED) is 0.560. The highest BCUT2D eigenvalue weighted by molar-refractivity contribution is 5.84. The molecule has 0 fully saturated rings. The van der Waals surface area contributed by atoms with Crippen LogP contribution in [0.3, 0.4) is 0 Å². The fourth-order valence-electron chi connectivity index (χ4n) is 3.29. The standard InChI is InChI=1S/C21H21N5O/c1-13-18-10-15(7-8-19(18)26-25-13)16-9-17(12-23-11-16)24-20(21(22)27)14-5-3-2-4-6-14/h2-13,20,24-26H,1H3,(H2,22,27)/t13?,20-/m0/s1. The Morgan fingerprint density at radius 1 is 1.11 bits per heavy atom. The van der Waals surface area contributed by atoms with Crippen LogP contribution in [-0.2, 0) is 4.79 Å². The predicted molar refractivity (Wildman–Crippen MR) is 107 cm³/mol. The van der Waals surface area contributed by atoms with E-state index in [1.807, 2.05) is 42.6 Å². The third-order valence-electron chi connectivity index (χ3n) is 4.74. The number of nitrogens with one attached hydrogen (secondary N) is 3. The first-order valence-corrected chi connectivity index (χ1v) is 8.83. The van der Waals surface area contributed by atoms with Gasteiger partial charge in [-0.05, 0) is 41.8 Å². The largest absolute Gasteiger partial charge is 0.369 e. The summed E-state index contributed by atoms with van der Waals surface area (Å²) in [5, 5.41) is 3.20. The monoisotopic (exact) mass is 359 g/mol. The van der Waals surface area contributed by atoms with E-state index in [1.165, 1.54) is 5.56 Å². The molecule has 27 heavy (non-hydrogen) atoms. The second-order valence-corrected chi connectivity index (χ2v) is 6.65. The number of carbonyl (C=O) groups excluding carboxylic acids is 1. The number of anilines is 2. The number of fused-ring (bicyclic) bond motifs is 1. The van der Waals surface area contributed by atoms with Crippen molar-refractivity contribution in [3.05, 3.63) is 78.1 Å². The average molecular weight is 359 g/mol. The number of aromatic nitrogens is 1. The van der Waals surface area contributed by atoms with E-state index in [0.29, 0.717) is 0 Å². The molecule has 1 aromatic heterocycles. The molecule has 1 aliphatic rings. The van der Waals surface area contributed by atoms with Crippen LogP contribution < -0.4 is 21.9 Å². The minimum atomic E-state index is -0.614. The Hall–Kier alpha value is -3.38. The summed E-state index contributed by atoms with van der Waals surface area (Å²) in [5.74, 6) is -0.435. The number of amides is 1. The van der Waals surface area contributed by atoms with Crippen molar-refractivity contribution < 1.29 is 4.79 Å².